The number of hydrogen-bond acceptors (Lipinski definition) is 4. The van der Waals surface area contributed by atoms with Crippen molar-refractivity contribution < 1.29 is 14.3 Å². The molecule has 0 N–H and O–H groups in total. The number of likely N-dealkylation sites (N-methyl/N-ethyl adjacent to an activating group) is 1. The van der Waals surface area contributed by atoms with Crippen LogP contribution in [0.15, 0.2) is 47.7 Å². The van der Waals surface area contributed by atoms with Gasteiger partial charge in [-0.25, -0.2) is 5.01 Å². The van der Waals surface area contributed by atoms with Crippen molar-refractivity contribution in [3.05, 3.63) is 64.8 Å². The molecule has 0 radical (unpaired) electrons. The Morgan fingerprint density at radius 3 is 2.90 bits per heavy atom. The topological polar surface area (TPSA) is 56.1 Å². The number of hydrogen-bond donors (Lipinski definition) is 0. The third-order valence-corrected chi connectivity index (χ3v) is 5.81. The molecule has 1 unspecified atom stereocenters. The summed E-state index contributed by atoms with van der Waals surface area (Å²) in [5, 5.41) is 6.82. The first-order valence-electron chi connectivity index (χ1n) is 10.6. The fraction of sp³-hybridized carbons (Fsp3) is 0.360. The number of nitrogens with zero attached hydrogens (tertiary/aromatic N) is 3. The first-order valence-corrected chi connectivity index (χ1v) is 10.6. The van der Waals surface area contributed by atoms with Crippen LogP contribution in [0.1, 0.15) is 34.6 Å². The molecule has 4 rings (SSSR count). The third-order valence-electron chi connectivity index (χ3n) is 5.81. The van der Waals surface area contributed by atoms with E-state index >= 15 is 0 Å². The molecule has 2 aromatic carbocycles. The summed E-state index contributed by atoms with van der Waals surface area (Å²) in [7, 11) is 3.66. The lowest BCUT2D eigenvalue weighted by Gasteiger charge is -2.19. The Morgan fingerprint density at radius 1 is 1.29 bits per heavy atom. The molecular formula is C25H29N3O3. The summed E-state index contributed by atoms with van der Waals surface area (Å²) in [6.45, 7) is 5.50. The van der Waals surface area contributed by atoms with E-state index < -0.39 is 0 Å². The van der Waals surface area contributed by atoms with E-state index in [1.807, 2.05) is 26.2 Å². The van der Waals surface area contributed by atoms with Crippen LogP contribution in [-0.4, -0.2) is 48.6 Å². The van der Waals surface area contributed by atoms with Crippen LogP contribution in [0.2, 0.25) is 0 Å². The van der Waals surface area contributed by atoms with E-state index in [0.29, 0.717) is 12.5 Å². The minimum absolute atomic E-state index is 0.0604. The smallest absolute Gasteiger partial charge is 0.280 e. The van der Waals surface area contributed by atoms with E-state index in [4.69, 9.17) is 9.47 Å². The molecule has 0 spiro atoms. The molecule has 0 bridgehead atoms. The van der Waals surface area contributed by atoms with E-state index in [-0.39, 0.29) is 12.5 Å². The van der Waals surface area contributed by atoms with Gasteiger partial charge in [-0.05, 0) is 48.9 Å². The minimum atomic E-state index is -0.204. The largest absolute Gasteiger partial charge is 0.483 e. The number of amides is 1. The maximum atomic E-state index is 12.6. The molecule has 31 heavy (non-hydrogen) atoms. The van der Waals surface area contributed by atoms with Crippen molar-refractivity contribution in [3.8, 4) is 5.75 Å². The van der Waals surface area contributed by atoms with Crippen LogP contribution in [0.3, 0.4) is 0 Å². The Hall–Kier alpha value is -3.12. The van der Waals surface area contributed by atoms with Crippen LogP contribution >= 0.6 is 0 Å². The number of carbonyl (C=O) groups is 1. The van der Waals surface area contributed by atoms with E-state index in [0.717, 1.165) is 41.0 Å². The summed E-state index contributed by atoms with van der Waals surface area (Å²) in [5.41, 5.74) is 5.42. The molecular weight excluding hydrogens is 390 g/mol. The van der Waals surface area contributed by atoms with Crippen LogP contribution in [-0.2, 0) is 16.6 Å². The summed E-state index contributed by atoms with van der Waals surface area (Å²) in [5.74, 6) is 0.901. The summed E-state index contributed by atoms with van der Waals surface area (Å²) in [4.78, 5) is 12.6. The van der Waals surface area contributed by atoms with Crippen molar-refractivity contribution in [2.24, 2.45) is 12.1 Å². The van der Waals surface area contributed by atoms with Crippen molar-refractivity contribution in [1.29, 1.82) is 0 Å². The number of ether oxygens (including phenoxy) is 2. The minimum Gasteiger partial charge on any atom is -0.483 e. The van der Waals surface area contributed by atoms with E-state index in [1.54, 1.807) is 13.3 Å². The molecule has 1 aliphatic heterocycles. The molecule has 0 saturated carbocycles. The van der Waals surface area contributed by atoms with Crippen LogP contribution < -0.4 is 4.74 Å². The zero-order chi connectivity index (χ0) is 22.0. The summed E-state index contributed by atoms with van der Waals surface area (Å²) >= 11 is 0. The van der Waals surface area contributed by atoms with Crippen molar-refractivity contribution in [2.75, 3.05) is 26.9 Å². The van der Waals surface area contributed by atoms with E-state index in [2.05, 4.69) is 46.9 Å². The normalized spacial score (nSPS) is 16.3. The molecule has 6 heteroatoms. The highest BCUT2D eigenvalue weighted by Gasteiger charge is 2.23. The molecule has 3 aromatic rings. The van der Waals surface area contributed by atoms with Gasteiger partial charge in [0, 0.05) is 43.9 Å². The van der Waals surface area contributed by atoms with Crippen molar-refractivity contribution in [2.45, 2.75) is 26.2 Å². The second kappa shape index (κ2) is 8.94. The predicted octanol–water partition coefficient (Wildman–Crippen LogP) is 4.17. The van der Waals surface area contributed by atoms with Gasteiger partial charge in [-0.3, -0.25) is 4.79 Å². The Labute approximate surface area is 183 Å². The Morgan fingerprint density at radius 2 is 2.13 bits per heavy atom. The molecule has 1 saturated heterocycles. The Balaban J connectivity index is 1.43. The lowest BCUT2D eigenvalue weighted by Crippen LogP contribution is -2.27. The summed E-state index contributed by atoms with van der Waals surface area (Å²) < 4.78 is 13.6. The number of aryl methyl sites for hydroxylation is 3. The molecule has 1 aliphatic rings. The van der Waals surface area contributed by atoms with Crippen molar-refractivity contribution in [3.63, 3.8) is 0 Å². The summed E-state index contributed by atoms with van der Waals surface area (Å²) in [6.07, 6.45) is 4.70. The molecule has 1 aromatic heterocycles. The van der Waals surface area contributed by atoms with Crippen LogP contribution in [0.4, 0.5) is 0 Å². The summed E-state index contributed by atoms with van der Waals surface area (Å²) in [6, 6.07) is 12.4. The molecule has 1 amide bonds. The van der Waals surface area contributed by atoms with Gasteiger partial charge in [0.15, 0.2) is 6.61 Å². The fourth-order valence-electron chi connectivity index (χ4n) is 4.07. The van der Waals surface area contributed by atoms with Gasteiger partial charge in [0.1, 0.15) is 5.75 Å². The van der Waals surface area contributed by atoms with Gasteiger partial charge in [-0.15, -0.1) is 0 Å². The highest BCUT2D eigenvalue weighted by atomic mass is 16.5. The van der Waals surface area contributed by atoms with Gasteiger partial charge < -0.3 is 14.0 Å². The van der Waals surface area contributed by atoms with Gasteiger partial charge in [0.25, 0.3) is 5.91 Å². The molecule has 6 nitrogen and oxygen atoms in total. The zero-order valence-electron chi connectivity index (χ0n) is 18.6. The highest BCUT2D eigenvalue weighted by Crippen LogP contribution is 2.35. The standard InChI is InChI=1S/C25H29N3O3/c1-17-11-18(2)25(22(12-17)21-8-10-30-15-21)31-16-24(29)28(4)26-14-19-5-6-20-7-9-27(3)23(20)13-19/h5-7,9,11-14,21H,8,10,15-16H2,1-4H3/b26-14+. The number of rotatable bonds is 6. The monoisotopic (exact) mass is 419 g/mol. The third kappa shape index (κ3) is 4.64. The maximum absolute atomic E-state index is 12.6. The quantitative estimate of drug-likeness (QED) is 0.445. The number of benzene rings is 2. The number of carbonyl (C=O) groups excluding carboxylic acids is 1. The molecule has 1 atom stereocenters. The molecule has 1 fully saturated rings. The second-order valence-corrected chi connectivity index (χ2v) is 8.26. The van der Waals surface area contributed by atoms with Gasteiger partial charge in [0.2, 0.25) is 0 Å². The van der Waals surface area contributed by atoms with Gasteiger partial charge in [0.05, 0.1) is 12.8 Å². The average molecular weight is 420 g/mol. The molecule has 162 valence electrons. The van der Waals surface area contributed by atoms with Crippen LogP contribution in [0, 0.1) is 13.8 Å². The lowest BCUT2D eigenvalue weighted by molar-refractivity contribution is -0.132. The Kier molecular flexibility index (Phi) is 6.09. The van der Waals surface area contributed by atoms with Gasteiger partial charge in [-0.1, -0.05) is 29.8 Å². The van der Waals surface area contributed by atoms with Crippen molar-refractivity contribution in [1.82, 2.24) is 9.58 Å². The van der Waals surface area contributed by atoms with E-state index in [9.17, 15) is 4.79 Å². The van der Waals surface area contributed by atoms with E-state index in [1.165, 1.54) is 16.0 Å². The number of fused-ring (bicyclic) bond motifs is 1. The molecule has 2 heterocycles. The zero-order valence-corrected chi connectivity index (χ0v) is 18.6. The number of aromatic nitrogens is 1. The second-order valence-electron chi connectivity index (χ2n) is 8.26. The SMILES string of the molecule is Cc1cc(C)c(OCC(=O)N(C)/N=C/c2ccc3ccn(C)c3c2)c(C2CCOC2)c1. The average Bonchev–Trinajstić information content (AvgIpc) is 3.41. The molecule has 0 aliphatic carbocycles. The highest BCUT2D eigenvalue weighted by molar-refractivity contribution is 5.89. The lowest BCUT2D eigenvalue weighted by atomic mass is 9.93. The van der Waals surface area contributed by atoms with Gasteiger partial charge in [-0.2, -0.15) is 5.10 Å². The van der Waals surface area contributed by atoms with Crippen LogP contribution in [0.5, 0.6) is 5.75 Å². The van der Waals surface area contributed by atoms with Crippen LogP contribution in [0.25, 0.3) is 10.9 Å². The maximum Gasteiger partial charge on any atom is 0.280 e. The van der Waals surface area contributed by atoms with Gasteiger partial charge >= 0.3 is 0 Å². The first kappa shape index (κ1) is 21.1. The van der Waals surface area contributed by atoms with Crippen molar-refractivity contribution >= 4 is 23.0 Å². The fourth-order valence-corrected chi connectivity index (χ4v) is 4.07. The number of hydrazone groups is 1. The Bertz CT molecular complexity index is 1130. The predicted molar refractivity (Wildman–Crippen MR) is 123 cm³/mol. The first-order chi connectivity index (χ1) is 14.9.